The predicted octanol–water partition coefficient (Wildman–Crippen LogP) is 4.01. The Morgan fingerprint density at radius 2 is 2.05 bits per heavy atom. The molecular formula is C14H9Cl3O4. The summed E-state index contributed by atoms with van der Waals surface area (Å²) in [4.78, 5) is 23.3. The zero-order chi connectivity index (χ0) is 15.6. The minimum absolute atomic E-state index is 0.142. The van der Waals surface area contributed by atoms with Crippen molar-refractivity contribution in [2.75, 3.05) is 0 Å². The molecule has 0 unspecified atom stereocenters. The second-order valence-electron chi connectivity index (χ2n) is 4.13. The monoisotopic (exact) mass is 346 g/mol. The molecule has 0 fully saturated rings. The van der Waals surface area contributed by atoms with Crippen LogP contribution >= 0.6 is 34.8 Å². The SMILES string of the molecule is C=CCc1cc2ccc(=O)oc2cc1C(=O)OC(Cl)(Cl)Cl. The number of hydrogen-bond donors (Lipinski definition) is 0. The van der Waals surface area contributed by atoms with Crippen LogP contribution in [0.25, 0.3) is 11.0 Å². The fourth-order valence-electron chi connectivity index (χ4n) is 1.84. The van der Waals surface area contributed by atoms with Crippen molar-refractivity contribution in [3.8, 4) is 0 Å². The lowest BCUT2D eigenvalue weighted by atomic mass is 10.0. The first kappa shape index (κ1) is 15.9. The average Bonchev–Trinajstić information content (AvgIpc) is 2.36. The fourth-order valence-corrected chi connectivity index (χ4v) is 2.05. The highest BCUT2D eigenvalue weighted by atomic mass is 35.6. The van der Waals surface area contributed by atoms with E-state index in [9.17, 15) is 9.59 Å². The van der Waals surface area contributed by atoms with Gasteiger partial charge in [-0.05, 0) is 65.0 Å². The van der Waals surface area contributed by atoms with Crippen molar-refractivity contribution in [3.05, 3.63) is 58.5 Å². The number of alkyl halides is 3. The van der Waals surface area contributed by atoms with Crippen LogP contribution in [0.1, 0.15) is 15.9 Å². The molecule has 0 radical (unpaired) electrons. The first-order chi connectivity index (χ1) is 9.80. The molecule has 2 aromatic rings. The minimum Gasteiger partial charge on any atom is -0.423 e. The number of allylic oxidation sites excluding steroid dienone is 1. The number of carbonyl (C=O) groups excluding carboxylic acids is 1. The fraction of sp³-hybridized carbons (Fsp3) is 0.143. The molecule has 0 saturated carbocycles. The molecule has 0 saturated heterocycles. The van der Waals surface area contributed by atoms with E-state index in [1.54, 1.807) is 18.2 Å². The highest BCUT2D eigenvalue weighted by molar-refractivity contribution is 6.66. The maximum absolute atomic E-state index is 12.1. The van der Waals surface area contributed by atoms with Crippen molar-refractivity contribution in [1.82, 2.24) is 0 Å². The van der Waals surface area contributed by atoms with Crippen LogP contribution in [-0.2, 0) is 11.2 Å². The van der Waals surface area contributed by atoms with E-state index in [4.69, 9.17) is 44.0 Å². The van der Waals surface area contributed by atoms with Gasteiger partial charge >= 0.3 is 15.6 Å². The van der Waals surface area contributed by atoms with Gasteiger partial charge in [0.15, 0.2) is 0 Å². The van der Waals surface area contributed by atoms with Gasteiger partial charge in [-0.25, -0.2) is 9.59 Å². The zero-order valence-electron chi connectivity index (χ0n) is 10.6. The molecule has 0 spiro atoms. The van der Waals surface area contributed by atoms with E-state index in [-0.39, 0.29) is 11.1 Å². The lowest BCUT2D eigenvalue weighted by molar-refractivity contribution is 0.0490. The van der Waals surface area contributed by atoms with Gasteiger partial charge in [0.1, 0.15) is 5.58 Å². The van der Waals surface area contributed by atoms with Crippen molar-refractivity contribution in [3.63, 3.8) is 0 Å². The number of halogens is 3. The Morgan fingerprint density at radius 3 is 2.67 bits per heavy atom. The Hall–Kier alpha value is -1.49. The van der Waals surface area contributed by atoms with Crippen LogP contribution in [0, 0.1) is 0 Å². The lowest BCUT2D eigenvalue weighted by Gasteiger charge is -2.14. The van der Waals surface area contributed by atoms with E-state index in [1.165, 1.54) is 12.1 Å². The van der Waals surface area contributed by atoms with Crippen LogP contribution < -0.4 is 5.63 Å². The Bertz CT molecular complexity index is 759. The second kappa shape index (κ2) is 6.10. The molecule has 0 N–H and O–H groups in total. The molecule has 4 nitrogen and oxygen atoms in total. The summed E-state index contributed by atoms with van der Waals surface area (Å²) >= 11 is 16.3. The number of fused-ring (bicyclic) bond motifs is 1. The van der Waals surface area contributed by atoms with Gasteiger partial charge in [-0.3, -0.25) is 0 Å². The summed E-state index contributed by atoms with van der Waals surface area (Å²) in [6, 6.07) is 5.96. The third-order valence-corrected chi connectivity index (χ3v) is 2.87. The van der Waals surface area contributed by atoms with Crippen LogP contribution in [0.15, 0.2) is 46.1 Å². The molecule has 7 heteroatoms. The Kier molecular flexibility index (Phi) is 4.61. The predicted molar refractivity (Wildman–Crippen MR) is 82.1 cm³/mol. The normalized spacial score (nSPS) is 11.4. The van der Waals surface area contributed by atoms with E-state index < -0.39 is 15.6 Å². The highest BCUT2D eigenvalue weighted by Crippen LogP contribution is 2.30. The molecule has 0 aliphatic rings. The van der Waals surface area contributed by atoms with Crippen molar-refractivity contribution in [1.29, 1.82) is 0 Å². The quantitative estimate of drug-likeness (QED) is 0.364. The first-order valence-corrected chi connectivity index (χ1v) is 6.91. The molecule has 1 aromatic carbocycles. The van der Waals surface area contributed by atoms with Gasteiger partial charge < -0.3 is 9.15 Å². The van der Waals surface area contributed by atoms with Crippen LogP contribution in [-0.4, -0.2) is 9.95 Å². The molecule has 110 valence electrons. The Balaban J connectivity index is 2.58. The van der Waals surface area contributed by atoms with Gasteiger partial charge in [0.05, 0.1) is 5.56 Å². The molecule has 0 amide bonds. The summed E-state index contributed by atoms with van der Waals surface area (Å²) in [5, 5.41) is 0.664. The molecule has 0 aliphatic carbocycles. The Labute approximate surface area is 134 Å². The smallest absolute Gasteiger partial charge is 0.342 e. The van der Waals surface area contributed by atoms with E-state index in [1.807, 2.05) is 0 Å². The summed E-state index contributed by atoms with van der Waals surface area (Å²) in [6.07, 6.45) is 2.02. The van der Waals surface area contributed by atoms with Crippen LogP contribution in [0.3, 0.4) is 0 Å². The Morgan fingerprint density at radius 1 is 1.33 bits per heavy atom. The summed E-state index contributed by atoms with van der Waals surface area (Å²) in [7, 11) is 0. The number of carbonyl (C=O) groups is 1. The van der Waals surface area contributed by atoms with Crippen molar-refractivity contribution in [2.24, 2.45) is 0 Å². The molecule has 0 aliphatic heterocycles. The van der Waals surface area contributed by atoms with Gasteiger partial charge in [-0.2, -0.15) is 0 Å². The number of esters is 1. The second-order valence-corrected chi connectivity index (χ2v) is 6.31. The average molecular weight is 348 g/mol. The maximum atomic E-state index is 12.1. The third-order valence-electron chi connectivity index (χ3n) is 2.64. The summed E-state index contributed by atoms with van der Waals surface area (Å²) in [5.41, 5.74) is 0.472. The van der Waals surface area contributed by atoms with Crippen molar-refractivity contribution in [2.45, 2.75) is 10.4 Å². The molecule has 0 bridgehead atoms. The molecule has 0 atom stereocenters. The summed E-state index contributed by atoms with van der Waals surface area (Å²) in [6.45, 7) is 3.62. The van der Waals surface area contributed by atoms with E-state index in [0.717, 1.165) is 0 Å². The van der Waals surface area contributed by atoms with Gasteiger partial charge in [0.2, 0.25) is 0 Å². The van der Waals surface area contributed by atoms with Crippen molar-refractivity contribution < 1.29 is 13.9 Å². The number of benzene rings is 1. The van der Waals surface area contributed by atoms with Crippen LogP contribution in [0.2, 0.25) is 0 Å². The molecule has 2 rings (SSSR count). The molecule has 21 heavy (non-hydrogen) atoms. The largest absolute Gasteiger partial charge is 0.423 e. The van der Waals surface area contributed by atoms with Crippen molar-refractivity contribution >= 4 is 51.7 Å². The maximum Gasteiger partial charge on any atom is 0.342 e. The summed E-state index contributed by atoms with van der Waals surface area (Å²) in [5.74, 6) is -0.833. The lowest BCUT2D eigenvalue weighted by Crippen LogP contribution is -2.17. The number of hydrogen-bond acceptors (Lipinski definition) is 4. The number of ether oxygens (including phenoxy) is 1. The third kappa shape index (κ3) is 4.00. The van der Waals surface area contributed by atoms with E-state index in [2.05, 4.69) is 6.58 Å². The zero-order valence-corrected chi connectivity index (χ0v) is 12.8. The van der Waals surface area contributed by atoms with E-state index in [0.29, 0.717) is 17.4 Å². The van der Waals surface area contributed by atoms with Gasteiger partial charge in [0.25, 0.3) is 0 Å². The highest BCUT2D eigenvalue weighted by Gasteiger charge is 2.27. The van der Waals surface area contributed by atoms with Crippen LogP contribution in [0.4, 0.5) is 0 Å². The van der Waals surface area contributed by atoms with Gasteiger partial charge in [-0.1, -0.05) is 6.08 Å². The summed E-state index contributed by atoms with van der Waals surface area (Å²) < 4.78 is 7.55. The molecule has 1 heterocycles. The standard InChI is InChI=1S/C14H9Cl3O4/c1-2-3-8-6-9-4-5-12(18)20-11(9)7-10(8)13(19)21-14(15,16)17/h2,4-7H,1,3H2. The first-order valence-electron chi connectivity index (χ1n) is 5.78. The topological polar surface area (TPSA) is 56.5 Å². The van der Waals surface area contributed by atoms with Crippen LogP contribution in [0.5, 0.6) is 0 Å². The molecular weight excluding hydrogens is 339 g/mol. The van der Waals surface area contributed by atoms with Gasteiger partial charge in [-0.15, -0.1) is 6.58 Å². The van der Waals surface area contributed by atoms with E-state index >= 15 is 0 Å². The number of rotatable bonds is 3. The minimum atomic E-state index is -2.17. The molecule has 1 aromatic heterocycles. The van der Waals surface area contributed by atoms with Gasteiger partial charge in [0, 0.05) is 11.5 Å².